The molecule has 0 aliphatic heterocycles. The van der Waals surface area contributed by atoms with Gasteiger partial charge >= 0.3 is 6.03 Å². The van der Waals surface area contributed by atoms with Gasteiger partial charge in [-0.2, -0.15) is 5.10 Å². The molecule has 0 atom stereocenters. The summed E-state index contributed by atoms with van der Waals surface area (Å²) in [5.41, 5.74) is 10.3. The number of primary amides is 1. The van der Waals surface area contributed by atoms with E-state index in [-0.39, 0.29) is 5.91 Å². The number of benzene rings is 2. The minimum absolute atomic E-state index is 0.199. The fraction of sp³-hybridized carbons (Fsp3) is 0.136. The summed E-state index contributed by atoms with van der Waals surface area (Å²) in [5, 5.41) is 9.91. The molecule has 148 valence electrons. The maximum Gasteiger partial charge on any atom is 0.316 e. The zero-order valence-electron chi connectivity index (χ0n) is 16.3. The predicted molar refractivity (Wildman–Crippen MR) is 114 cm³/mol. The molecule has 0 aliphatic rings. The van der Waals surface area contributed by atoms with Gasteiger partial charge in [-0.1, -0.05) is 30.3 Å². The number of nitrogens with one attached hydrogen (secondary N) is 2. The summed E-state index contributed by atoms with van der Waals surface area (Å²) in [6.45, 7) is 4.28. The van der Waals surface area contributed by atoms with Crippen molar-refractivity contribution in [3.63, 3.8) is 0 Å². The molecule has 1 aromatic heterocycles. The Morgan fingerprint density at radius 1 is 1.07 bits per heavy atom. The summed E-state index contributed by atoms with van der Waals surface area (Å²) < 4.78 is 1.87. The Bertz CT molecular complexity index is 1040. The second-order valence-electron chi connectivity index (χ2n) is 6.57. The monoisotopic (exact) mass is 389 g/mol. The first-order valence-electron chi connectivity index (χ1n) is 9.17. The van der Waals surface area contributed by atoms with Gasteiger partial charge in [0.1, 0.15) is 0 Å². The summed E-state index contributed by atoms with van der Waals surface area (Å²) in [7, 11) is 0. The number of amides is 3. The first-order valence-corrected chi connectivity index (χ1v) is 9.17. The number of aromatic nitrogens is 2. The third kappa shape index (κ3) is 5.10. The van der Waals surface area contributed by atoms with Crippen molar-refractivity contribution in [2.24, 2.45) is 5.73 Å². The Kier molecular flexibility index (Phi) is 6.09. The summed E-state index contributed by atoms with van der Waals surface area (Å²) in [5.74, 6) is -0.199. The molecule has 3 rings (SSSR count). The van der Waals surface area contributed by atoms with Crippen LogP contribution in [-0.2, 0) is 11.3 Å². The molecule has 1 heterocycles. The van der Waals surface area contributed by atoms with Crippen LogP contribution >= 0.6 is 0 Å². The summed E-state index contributed by atoms with van der Waals surface area (Å²) in [6, 6.07) is 16.3. The second-order valence-corrected chi connectivity index (χ2v) is 6.57. The molecule has 0 saturated carbocycles. The zero-order valence-corrected chi connectivity index (χ0v) is 16.3. The van der Waals surface area contributed by atoms with Crippen LogP contribution in [0.3, 0.4) is 0 Å². The zero-order chi connectivity index (χ0) is 20.8. The number of urea groups is 1. The van der Waals surface area contributed by atoms with E-state index in [4.69, 9.17) is 5.73 Å². The summed E-state index contributed by atoms with van der Waals surface area (Å²) in [4.78, 5) is 23.0. The van der Waals surface area contributed by atoms with Gasteiger partial charge in [-0.3, -0.25) is 4.79 Å². The fourth-order valence-electron chi connectivity index (χ4n) is 2.97. The number of para-hydroxylation sites is 1. The highest BCUT2D eigenvalue weighted by molar-refractivity contribution is 5.92. The van der Waals surface area contributed by atoms with Gasteiger partial charge in [0.25, 0.3) is 0 Å². The van der Waals surface area contributed by atoms with Crippen molar-refractivity contribution < 1.29 is 9.59 Å². The number of anilines is 1. The van der Waals surface area contributed by atoms with Crippen molar-refractivity contribution in [1.82, 2.24) is 15.1 Å². The van der Waals surface area contributed by atoms with Gasteiger partial charge in [0.05, 0.1) is 11.4 Å². The van der Waals surface area contributed by atoms with Crippen LogP contribution in [0.1, 0.15) is 22.5 Å². The third-order valence-corrected chi connectivity index (χ3v) is 4.44. The number of nitrogens with zero attached hydrogens (tertiary/aromatic N) is 2. The lowest BCUT2D eigenvalue weighted by Gasteiger charge is -2.05. The van der Waals surface area contributed by atoms with Crippen molar-refractivity contribution in [2.75, 3.05) is 5.32 Å². The first-order chi connectivity index (χ1) is 13.9. The van der Waals surface area contributed by atoms with E-state index < -0.39 is 6.03 Å². The van der Waals surface area contributed by atoms with E-state index >= 15 is 0 Å². The summed E-state index contributed by atoms with van der Waals surface area (Å²) >= 11 is 0. The number of carbonyl (C=O) groups is 2. The van der Waals surface area contributed by atoms with Crippen LogP contribution in [0.15, 0.2) is 60.7 Å². The van der Waals surface area contributed by atoms with Crippen LogP contribution in [0.2, 0.25) is 0 Å². The van der Waals surface area contributed by atoms with E-state index in [1.165, 1.54) is 6.08 Å². The molecular weight excluding hydrogens is 366 g/mol. The van der Waals surface area contributed by atoms with Crippen molar-refractivity contribution in [3.8, 4) is 5.69 Å². The molecule has 0 unspecified atom stereocenters. The second kappa shape index (κ2) is 8.88. The smallest absolute Gasteiger partial charge is 0.316 e. The minimum Gasteiger partial charge on any atom is -0.351 e. The van der Waals surface area contributed by atoms with E-state index in [9.17, 15) is 9.59 Å². The fourth-order valence-corrected chi connectivity index (χ4v) is 2.97. The van der Waals surface area contributed by atoms with Crippen LogP contribution in [0.4, 0.5) is 10.5 Å². The van der Waals surface area contributed by atoms with Crippen molar-refractivity contribution in [3.05, 3.63) is 83.2 Å². The lowest BCUT2D eigenvalue weighted by Crippen LogP contribution is -2.20. The van der Waals surface area contributed by atoms with Gasteiger partial charge in [0.15, 0.2) is 0 Å². The van der Waals surface area contributed by atoms with E-state index in [2.05, 4.69) is 15.7 Å². The maximum atomic E-state index is 12.2. The van der Waals surface area contributed by atoms with Crippen molar-refractivity contribution in [2.45, 2.75) is 20.4 Å². The molecule has 29 heavy (non-hydrogen) atoms. The number of hydrogen-bond donors (Lipinski definition) is 3. The molecule has 7 heteroatoms. The van der Waals surface area contributed by atoms with Crippen molar-refractivity contribution >= 4 is 23.7 Å². The molecule has 7 nitrogen and oxygen atoms in total. The number of nitrogens with two attached hydrogens (primary N) is 1. The van der Waals surface area contributed by atoms with Crippen molar-refractivity contribution in [1.29, 1.82) is 0 Å². The molecule has 0 bridgehead atoms. The molecule has 0 saturated heterocycles. The molecule has 3 amide bonds. The molecule has 0 radical (unpaired) electrons. The van der Waals surface area contributed by atoms with Crippen LogP contribution in [0, 0.1) is 13.8 Å². The quantitative estimate of drug-likeness (QED) is 0.564. The highest BCUT2D eigenvalue weighted by Gasteiger charge is 2.10. The van der Waals surface area contributed by atoms with Gasteiger partial charge in [-0.15, -0.1) is 0 Å². The van der Waals surface area contributed by atoms with Crippen LogP contribution in [0.25, 0.3) is 11.8 Å². The SMILES string of the molecule is Cc1nn(-c2ccccc2)c(C)c1/C=C/C(=O)NCc1ccc(NC(N)=O)cc1. The van der Waals surface area contributed by atoms with E-state index in [0.717, 1.165) is 28.2 Å². The van der Waals surface area contributed by atoms with Gasteiger partial charge in [0.2, 0.25) is 5.91 Å². The van der Waals surface area contributed by atoms with Gasteiger partial charge < -0.3 is 16.4 Å². The Morgan fingerprint density at radius 3 is 2.41 bits per heavy atom. The average molecular weight is 389 g/mol. The standard InChI is InChI=1S/C22H23N5O2/c1-15-20(16(2)27(26-15)19-6-4-3-5-7-19)12-13-21(28)24-14-17-8-10-18(11-9-17)25-22(23)29/h3-13H,14H2,1-2H3,(H,24,28)(H3,23,25,29)/b13-12+. The predicted octanol–water partition coefficient (Wildman–Crippen LogP) is 3.31. The van der Waals surface area contributed by atoms with E-state index in [1.807, 2.05) is 61.0 Å². The molecular formula is C22H23N5O2. The Hall–Kier alpha value is -3.87. The maximum absolute atomic E-state index is 12.2. The van der Waals surface area contributed by atoms with Crippen LogP contribution in [0.5, 0.6) is 0 Å². The lowest BCUT2D eigenvalue weighted by atomic mass is 10.1. The molecule has 2 aromatic carbocycles. The Labute approximate surface area is 169 Å². The molecule has 0 spiro atoms. The molecule has 4 N–H and O–H groups in total. The topological polar surface area (TPSA) is 102 Å². The van der Waals surface area contributed by atoms with Gasteiger partial charge in [-0.05, 0) is 49.8 Å². The van der Waals surface area contributed by atoms with E-state index in [1.54, 1.807) is 18.2 Å². The number of hydrogen-bond acceptors (Lipinski definition) is 3. The minimum atomic E-state index is -0.614. The number of carbonyl (C=O) groups excluding carboxylic acids is 2. The highest BCUT2D eigenvalue weighted by atomic mass is 16.2. The first kappa shape index (κ1) is 19.9. The number of rotatable bonds is 6. The molecule has 0 aliphatic carbocycles. The highest BCUT2D eigenvalue weighted by Crippen LogP contribution is 2.19. The normalized spacial score (nSPS) is 10.8. The Balaban J connectivity index is 1.62. The average Bonchev–Trinajstić information content (AvgIpc) is 2.99. The molecule has 0 fully saturated rings. The van der Waals surface area contributed by atoms with Gasteiger partial charge in [-0.25, -0.2) is 9.48 Å². The number of aryl methyl sites for hydroxylation is 1. The third-order valence-electron chi connectivity index (χ3n) is 4.44. The van der Waals surface area contributed by atoms with Crippen LogP contribution < -0.4 is 16.4 Å². The van der Waals surface area contributed by atoms with E-state index in [0.29, 0.717) is 12.2 Å². The lowest BCUT2D eigenvalue weighted by molar-refractivity contribution is -0.116. The van der Waals surface area contributed by atoms with Crippen LogP contribution in [-0.4, -0.2) is 21.7 Å². The van der Waals surface area contributed by atoms with Gasteiger partial charge in [0, 0.05) is 29.6 Å². The largest absolute Gasteiger partial charge is 0.351 e. The summed E-state index contributed by atoms with van der Waals surface area (Å²) in [6.07, 6.45) is 3.29. The molecule has 3 aromatic rings. The Morgan fingerprint density at radius 2 is 1.76 bits per heavy atom.